The number of aromatic nitrogens is 2. The molecule has 1 aliphatic carbocycles. The summed E-state index contributed by atoms with van der Waals surface area (Å²) in [6, 6.07) is 3.52. The fourth-order valence-corrected chi connectivity index (χ4v) is 4.18. The molecule has 2 heterocycles. The van der Waals surface area contributed by atoms with Crippen molar-refractivity contribution < 1.29 is 14.7 Å². The highest BCUT2D eigenvalue weighted by molar-refractivity contribution is 6.23. The summed E-state index contributed by atoms with van der Waals surface area (Å²) in [6.45, 7) is 1.60. The van der Waals surface area contributed by atoms with E-state index in [-0.39, 0.29) is 17.3 Å². The predicted molar refractivity (Wildman–Crippen MR) is 122 cm³/mol. The van der Waals surface area contributed by atoms with Gasteiger partial charge in [-0.15, -0.1) is 0 Å². The van der Waals surface area contributed by atoms with Gasteiger partial charge in [0, 0.05) is 30.2 Å². The SMILES string of the molecule is CN(C)CCc1c(-c2ccc(O)c3c(CCN(C)C)c[nH]c23)[nH]c2c1C(=O)C=CC2=O. The molecule has 1 aliphatic rings. The van der Waals surface area contributed by atoms with Crippen LogP contribution in [0.3, 0.4) is 0 Å². The van der Waals surface area contributed by atoms with Crippen molar-refractivity contribution >= 4 is 22.5 Å². The molecule has 0 bridgehead atoms. The maximum Gasteiger partial charge on any atom is 0.202 e. The number of aromatic hydroxyl groups is 1. The Kier molecular flexibility index (Phi) is 5.56. The number of nitrogens with one attached hydrogen (secondary N) is 2. The summed E-state index contributed by atoms with van der Waals surface area (Å²) < 4.78 is 0. The number of fused-ring (bicyclic) bond motifs is 2. The lowest BCUT2D eigenvalue weighted by Crippen LogP contribution is -2.17. The van der Waals surface area contributed by atoms with Gasteiger partial charge in [0.1, 0.15) is 5.75 Å². The van der Waals surface area contributed by atoms with Crippen LogP contribution in [-0.4, -0.2) is 77.7 Å². The number of carbonyl (C=O) groups excluding carboxylic acids is 2. The van der Waals surface area contributed by atoms with Crippen LogP contribution in [0, 0.1) is 0 Å². The quantitative estimate of drug-likeness (QED) is 0.546. The maximum atomic E-state index is 12.7. The minimum Gasteiger partial charge on any atom is -0.507 e. The summed E-state index contributed by atoms with van der Waals surface area (Å²) in [5.74, 6) is -0.132. The van der Waals surface area contributed by atoms with Gasteiger partial charge in [0.05, 0.1) is 22.5 Å². The number of phenols is 1. The second-order valence-corrected chi connectivity index (χ2v) is 8.59. The zero-order chi connectivity index (χ0) is 22.3. The van der Waals surface area contributed by atoms with Gasteiger partial charge in [-0.05, 0) is 76.4 Å². The molecule has 3 aromatic rings. The fourth-order valence-electron chi connectivity index (χ4n) is 4.18. The number of allylic oxidation sites excluding steroid dienone is 2. The molecule has 1 aromatic carbocycles. The number of benzene rings is 1. The Morgan fingerprint density at radius 2 is 1.58 bits per heavy atom. The van der Waals surface area contributed by atoms with E-state index in [9.17, 15) is 14.7 Å². The van der Waals surface area contributed by atoms with E-state index in [1.54, 1.807) is 6.07 Å². The van der Waals surface area contributed by atoms with Crippen LogP contribution >= 0.6 is 0 Å². The standard InChI is InChI=1S/C24H28N4O3/c1-27(2)11-9-14-13-25-23-16(5-6-17(29)20(14)23)22-15(10-12-28(3)4)21-18(30)7-8-19(31)24(21)26-22/h5-8,13,25-26,29H,9-12H2,1-4H3. The van der Waals surface area contributed by atoms with E-state index >= 15 is 0 Å². The van der Waals surface area contributed by atoms with Crippen molar-refractivity contribution in [2.45, 2.75) is 12.8 Å². The highest BCUT2D eigenvalue weighted by Gasteiger charge is 2.29. The molecule has 0 radical (unpaired) electrons. The van der Waals surface area contributed by atoms with Gasteiger partial charge < -0.3 is 24.9 Å². The van der Waals surface area contributed by atoms with Crippen molar-refractivity contribution in [3.63, 3.8) is 0 Å². The molecular weight excluding hydrogens is 392 g/mol. The summed E-state index contributed by atoms with van der Waals surface area (Å²) >= 11 is 0. The Labute approximate surface area is 181 Å². The first-order valence-corrected chi connectivity index (χ1v) is 10.4. The smallest absolute Gasteiger partial charge is 0.202 e. The molecule has 3 N–H and O–H groups in total. The monoisotopic (exact) mass is 420 g/mol. The number of rotatable bonds is 7. The second-order valence-electron chi connectivity index (χ2n) is 8.59. The zero-order valence-corrected chi connectivity index (χ0v) is 18.4. The third-order valence-corrected chi connectivity index (χ3v) is 5.78. The summed E-state index contributed by atoms with van der Waals surface area (Å²) in [7, 11) is 7.99. The molecule has 31 heavy (non-hydrogen) atoms. The lowest BCUT2D eigenvalue weighted by molar-refractivity contribution is 0.0991. The van der Waals surface area contributed by atoms with Gasteiger partial charge in [-0.1, -0.05) is 0 Å². The largest absolute Gasteiger partial charge is 0.507 e. The van der Waals surface area contributed by atoms with Crippen LogP contribution in [0.2, 0.25) is 0 Å². The maximum absolute atomic E-state index is 12.7. The Balaban J connectivity index is 1.90. The summed E-state index contributed by atoms with van der Waals surface area (Å²) in [5, 5.41) is 11.4. The van der Waals surface area contributed by atoms with Gasteiger partial charge in [0.15, 0.2) is 5.78 Å². The second kappa shape index (κ2) is 8.17. The summed E-state index contributed by atoms with van der Waals surface area (Å²) in [4.78, 5) is 35.9. The Morgan fingerprint density at radius 1 is 0.903 bits per heavy atom. The predicted octanol–water partition coefficient (Wildman–Crippen LogP) is 3.01. The van der Waals surface area contributed by atoms with E-state index in [2.05, 4.69) is 19.8 Å². The van der Waals surface area contributed by atoms with E-state index in [0.29, 0.717) is 17.7 Å². The van der Waals surface area contributed by atoms with Crippen molar-refractivity contribution in [2.75, 3.05) is 41.3 Å². The average Bonchev–Trinajstić information content (AvgIpc) is 3.31. The number of hydrogen-bond donors (Lipinski definition) is 3. The number of ketones is 2. The Bertz CT molecular complexity index is 1200. The number of H-pyrrole nitrogens is 2. The van der Waals surface area contributed by atoms with Gasteiger partial charge >= 0.3 is 0 Å². The third kappa shape index (κ3) is 3.82. The van der Waals surface area contributed by atoms with Crippen molar-refractivity contribution in [1.29, 1.82) is 0 Å². The molecule has 2 aromatic heterocycles. The molecule has 4 rings (SSSR count). The van der Waals surface area contributed by atoms with E-state index in [4.69, 9.17) is 0 Å². The number of nitrogens with zero attached hydrogens (tertiary/aromatic N) is 2. The van der Waals surface area contributed by atoms with Crippen molar-refractivity contribution in [3.8, 4) is 17.0 Å². The van der Waals surface area contributed by atoms with E-state index in [1.807, 2.05) is 40.5 Å². The molecule has 7 nitrogen and oxygen atoms in total. The molecule has 0 aliphatic heterocycles. The molecule has 0 saturated heterocycles. The number of hydrogen-bond acceptors (Lipinski definition) is 5. The van der Waals surface area contributed by atoms with Crippen molar-refractivity contribution in [2.24, 2.45) is 0 Å². The average molecular weight is 421 g/mol. The topological polar surface area (TPSA) is 92.4 Å². The van der Waals surface area contributed by atoms with Crippen LogP contribution in [-0.2, 0) is 12.8 Å². The summed E-state index contributed by atoms with van der Waals surface area (Å²) in [5.41, 5.74) is 5.06. The molecule has 7 heteroatoms. The van der Waals surface area contributed by atoms with Gasteiger partial charge in [-0.3, -0.25) is 9.59 Å². The number of aromatic amines is 2. The first kappa shape index (κ1) is 21.1. The zero-order valence-electron chi connectivity index (χ0n) is 18.4. The fraction of sp³-hybridized carbons (Fsp3) is 0.333. The normalized spacial score (nSPS) is 13.7. The van der Waals surface area contributed by atoms with E-state index in [1.165, 1.54) is 12.2 Å². The highest BCUT2D eigenvalue weighted by Crippen LogP contribution is 2.39. The summed E-state index contributed by atoms with van der Waals surface area (Å²) in [6.07, 6.45) is 6.01. The van der Waals surface area contributed by atoms with Gasteiger partial charge in [-0.2, -0.15) is 0 Å². The molecule has 0 saturated carbocycles. The Hall–Kier alpha value is -3.16. The first-order valence-electron chi connectivity index (χ1n) is 10.4. The number of phenolic OH excluding ortho intramolecular Hbond substituents is 1. The number of carbonyl (C=O) groups is 2. The van der Waals surface area contributed by atoms with Gasteiger partial charge in [0.25, 0.3) is 0 Å². The minimum absolute atomic E-state index is 0.154. The van der Waals surface area contributed by atoms with Crippen LogP contribution in [0.5, 0.6) is 5.75 Å². The number of likely N-dealkylation sites (N-methyl/N-ethyl adjacent to an activating group) is 2. The minimum atomic E-state index is -0.194. The molecule has 0 unspecified atom stereocenters. The lowest BCUT2D eigenvalue weighted by atomic mass is 9.93. The van der Waals surface area contributed by atoms with Crippen LogP contribution in [0.1, 0.15) is 32.0 Å². The Morgan fingerprint density at radius 3 is 2.29 bits per heavy atom. The lowest BCUT2D eigenvalue weighted by Gasteiger charge is -2.13. The molecule has 0 spiro atoms. The molecule has 0 fully saturated rings. The molecule has 0 amide bonds. The molecular formula is C24H28N4O3. The van der Waals surface area contributed by atoms with Crippen molar-refractivity contribution in [1.82, 2.24) is 19.8 Å². The first-order chi connectivity index (χ1) is 14.8. The third-order valence-electron chi connectivity index (χ3n) is 5.78. The van der Waals surface area contributed by atoms with Crippen LogP contribution < -0.4 is 0 Å². The highest BCUT2D eigenvalue weighted by atomic mass is 16.3. The van der Waals surface area contributed by atoms with Gasteiger partial charge in [0.2, 0.25) is 5.78 Å². The van der Waals surface area contributed by atoms with E-state index < -0.39 is 0 Å². The molecule has 162 valence electrons. The van der Waals surface area contributed by atoms with E-state index in [0.717, 1.165) is 52.8 Å². The van der Waals surface area contributed by atoms with Crippen LogP contribution in [0.15, 0.2) is 30.5 Å². The van der Waals surface area contributed by atoms with Gasteiger partial charge in [-0.25, -0.2) is 0 Å². The van der Waals surface area contributed by atoms with Crippen LogP contribution in [0.25, 0.3) is 22.2 Å². The molecule has 0 atom stereocenters. The van der Waals surface area contributed by atoms with Crippen LogP contribution in [0.4, 0.5) is 0 Å². The van der Waals surface area contributed by atoms with Crippen molar-refractivity contribution in [3.05, 3.63) is 52.9 Å².